The number of hydrogen-bond donors (Lipinski definition) is 1. The van der Waals surface area contributed by atoms with E-state index >= 15 is 0 Å². The van der Waals surface area contributed by atoms with E-state index in [9.17, 15) is 10.1 Å². The predicted molar refractivity (Wildman–Crippen MR) is 93.3 cm³/mol. The molecule has 1 aromatic carbocycles. The van der Waals surface area contributed by atoms with Gasteiger partial charge < -0.3 is 4.98 Å². The third-order valence-corrected chi connectivity index (χ3v) is 4.66. The van der Waals surface area contributed by atoms with Crippen LogP contribution in [0, 0.1) is 10.1 Å². The van der Waals surface area contributed by atoms with Gasteiger partial charge in [-0.05, 0) is 29.8 Å². The zero-order valence-electron chi connectivity index (χ0n) is 13.0. The van der Waals surface area contributed by atoms with Crippen LogP contribution in [0.5, 0.6) is 0 Å². The number of rotatable bonds is 2. The number of nitrogens with one attached hydrogen (secondary N) is 1. The molecule has 0 bridgehead atoms. The molecule has 1 aliphatic heterocycles. The molecule has 25 heavy (non-hydrogen) atoms. The van der Waals surface area contributed by atoms with Crippen LogP contribution in [0.2, 0.25) is 0 Å². The first-order chi connectivity index (χ1) is 12.2. The topological polar surface area (TPSA) is 84.2 Å². The summed E-state index contributed by atoms with van der Waals surface area (Å²) >= 11 is 0. The van der Waals surface area contributed by atoms with E-state index in [0.717, 1.165) is 38.4 Å². The molecule has 0 radical (unpaired) electrons. The van der Waals surface area contributed by atoms with E-state index in [-0.39, 0.29) is 16.5 Å². The normalized spacial score (nSPS) is 17.8. The highest BCUT2D eigenvalue weighted by atomic mass is 16.6. The standard InChI is InChI=1S/C19H12N4O2/c24-23(25)12-2-4-17-16(10-12)14-3-1-11(9-18(14)22-17)13-5-7-20-19-15(13)6-8-21-19/h1-11H,(H,20,21). The smallest absolute Gasteiger partial charge is 0.270 e. The van der Waals surface area contributed by atoms with E-state index in [2.05, 4.69) is 27.1 Å². The average molecular weight is 328 g/mol. The molecular formula is C19H12N4O2. The first-order valence-electron chi connectivity index (χ1n) is 7.90. The molecule has 0 fully saturated rings. The van der Waals surface area contributed by atoms with Crippen LogP contribution in [0.25, 0.3) is 16.6 Å². The van der Waals surface area contributed by atoms with Crippen LogP contribution in [0.15, 0.2) is 71.6 Å². The van der Waals surface area contributed by atoms with Crippen LogP contribution in [0.3, 0.4) is 0 Å². The number of aromatic nitrogens is 2. The van der Waals surface area contributed by atoms with Gasteiger partial charge in [0.05, 0.1) is 16.0 Å². The summed E-state index contributed by atoms with van der Waals surface area (Å²) in [4.78, 5) is 22.7. The summed E-state index contributed by atoms with van der Waals surface area (Å²) in [5, 5.41) is 13.7. The van der Waals surface area contributed by atoms with Gasteiger partial charge in [0.1, 0.15) is 5.65 Å². The number of nitro groups is 1. The Bertz CT molecular complexity index is 1230. The Hall–Kier alpha value is -3.54. The van der Waals surface area contributed by atoms with Gasteiger partial charge in [-0.3, -0.25) is 10.1 Å². The summed E-state index contributed by atoms with van der Waals surface area (Å²) in [7, 11) is 0. The third kappa shape index (κ3) is 2.04. The van der Waals surface area contributed by atoms with Crippen molar-refractivity contribution in [3.05, 3.63) is 92.9 Å². The van der Waals surface area contributed by atoms with Gasteiger partial charge in [-0.1, -0.05) is 12.2 Å². The van der Waals surface area contributed by atoms with Crippen LogP contribution < -0.4 is 10.6 Å². The second-order valence-corrected chi connectivity index (χ2v) is 6.06. The fourth-order valence-corrected chi connectivity index (χ4v) is 3.47. The van der Waals surface area contributed by atoms with Crippen molar-refractivity contribution in [2.45, 2.75) is 5.92 Å². The molecule has 0 saturated heterocycles. The van der Waals surface area contributed by atoms with Crippen molar-refractivity contribution in [1.82, 2.24) is 9.97 Å². The molecule has 0 spiro atoms. The molecule has 1 unspecified atom stereocenters. The molecule has 6 nitrogen and oxygen atoms in total. The minimum Gasteiger partial charge on any atom is -0.346 e. The monoisotopic (exact) mass is 328 g/mol. The van der Waals surface area contributed by atoms with E-state index in [1.54, 1.807) is 18.3 Å². The molecule has 3 aromatic rings. The van der Waals surface area contributed by atoms with Gasteiger partial charge in [0.2, 0.25) is 0 Å². The van der Waals surface area contributed by atoms with Crippen LogP contribution in [0.1, 0.15) is 11.5 Å². The lowest BCUT2D eigenvalue weighted by Gasteiger charge is -2.15. The van der Waals surface area contributed by atoms with Gasteiger partial charge in [0.25, 0.3) is 5.69 Å². The average Bonchev–Trinajstić information content (AvgIpc) is 3.24. The van der Waals surface area contributed by atoms with Crippen molar-refractivity contribution in [2.75, 3.05) is 0 Å². The Kier molecular flexibility index (Phi) is 2.76. The molecule has 0 saturated carbocycles. The molecule has 6 heteroatoms. The fraction of sp³-hybridized carbons (Fsp3) is 0.0526. The van der Waals surface area contributed by atoms with Crippen molar-refractivity contribution in [2.24, 2.45) is 4.99 Å². The number of allylic oxidation sites excluding steroid dienone is 3. The first kappa shape index (κ1) is 13.9. The van der Waals surface area contributed by atoms with Crippen LogP contribution in [-0.2, 0) is 0 Å². The Labute approximate surface area is 141 Å². The quantitative estimate of drug-likeness (QED) is 0.579. The predicted octanol–water partition coefficient (Wildman–Crippen LogP) is 2.49. The SMILES string of the molecule is O=[N+]([O-])c1ccc2c(c1)=C1C=CC(c3ccnc4[nH]ccc34)C=C1N=2. The number of H-pyrrole nitrogens is 1. The van der Waals surface area contributed by atoms with Gasteiger partial charge in [-0.2, -0.15) is 0 Å². The van der Waals surface area contributed by atoms with E-state index in [1.165, 1.54) is 6.07 Å². The van der Waals surface area contributed by atoms with Gasteiger partial charge in [0.15, 0.2) is 0 Å². The van der Waals surface area contributed by atoms with Crippen molar-refractivity contribution >= 4 is 22.3 Å². The summed E-state index contributed by atoms with van der Waals surface area (Å²) in [6, 6.07) is 8.83. The summed E-state index contributed by atoms with van der Waals surface area (Å²) in [6.45, 7) is 0. The maximum Gasteiger partial charge on any atom is 0.270 e. The zero-order chi connectivity index (χ0) is 17.0. The Morgan fingerprint density at radius 1 is 1.20 bits per heavy atom. The minimum absolute atomic E-state index is 0.0846. The lowest BCUT2D eigenvalue weighted by molar-refractivity contribution is -0.385. The lowest BCUT2D eigenvalue weighted by Crippen LogP contribution is -2.22. The second kappa shape index (κ2) is 4.98. The maximum atomic E-state index is 11.0. The molecule has 120 valence electrons. The largest absolute Gasteiger partial charge is 0.346 e. The second-order valence-electron chi connectivity index (χ2n) is 6.06. The molecule has 2 aromatic heterocycles. The number of non-ortho nitro benzene ring substituents is 1. The maximum absolute atomic E-state index is 11.0. The molecule has 2 aliphatic rings. The molecule has 1 atom stereocenters. The van der Waals surface area contributed by atoms with Crippen molar-refractivity contribution in [3.63, 3.8) is 0 Å². The van der Waals surface area contributed by atoms with Crippen LogP contribution in [0.4, 0.5) is 5.69 Å². The van der Waals surface area contributed by atoms with E-state index in [0.29, 0.717) is 0 Å². The van der Waals surface area contributed by atoms with E-state index in [1.807, 2.05) is 24.4 Å². The summed E-state index contributed by atoms with van der Waals surface area (Å²) in [5.41, 5.74) is 3.91. The Balaban J connectivity index is 1.66. The summed E-state index contributed by atoms with van der Waals surface area (Å²) in [6.07, 6.45) is 9.89. The molecule has 3 heterocycles. The van der Waals surface area contributed by atoms with E-state index in [4.69, 9.17) is 0 Å². The van der Waals surface area contributed by atoms with Crippen molar-refractivity contribution in [3.8, 4) is 0 Å². The van der Waals surface area contributed by atoms with Crippen molar-refractivity contribution < 1.29 is 4.92 Å². The van der Waals surface area contributed by atoms with Gasteiger partial charge in [0, 0.05) is 46.6 Å². The lowest BCUT2D eigenvalue weighted by atomic mass is 9.90. The molecular weight excluding hydrogens is 316 g/mol. The summed E-state index contributed by atoms with van der Waals surface area (Å²) < 4.78 is 0. The molecule has 5 rings (SSSR count). The van der Waals surface area contributed by atoms with Crippen LogP contribution in [-0.4, -0.2) is 14.9 Å². The number of benzene rings is 1. The number of nitrogens with zero attached hydrogens (tertiary/aromatic N) is 3. The van der Waals surface area contributed by atoms with Crippen LogP contribution >= 0.6 is 0 Å². The number of fused-ring (bicyclic) bond motifs is 3. The van der Waals surface area contributed by atoms with Crippen molar-refractivity contribution in [1.29, 1.82) is 0 Å². The molecule has 1 N–H and O–H groups in total. The fourth-order valence-electron chi connectivity index (χ4n) is 3.47. The van der Waals surface area contributed by atoms with Gasteiger partial charge in [-0.25, -0.2) is 9.98 Å². The Morgan fingerprint density at radius 3 is 3.00 bits per heavy atom. The summed E-state index contributed by atoms with van der Waals surface area (Å²) in [5.74, 6) is 0.0908. The first-order valence-corrected chi connectivity index (χ1v) is 7.90. The zero-order valence-corrected chi connectivity index (χ0v) is 13.0. The third-order valence-electron chi connectivity index (χ3n) is 4.66. The highest BCUT2D eigenvalue weighted by Crippen LogP contribution is 2.33. The van der Waals surface area contributed by atoms with E-state index < -0.39 is 0 Å². The highest BCUT2D eigenvalue weighted by molar-refractivity contribution is 5.83. The number of pyridine rings is 1. The van der Waals surface area contributed by atoms with Gasteiger partial charge >= 0.3 is 0 Å². The minimum atomic E-state index is -0.377. The number of aromatic amines is 1. The molecule has 1 aliphatic carbocycles. The molecule has 0 amide bonds. The van der Waals surface area contributed by atoms with Gasteiger partial charge in [-0.15, -0.1) is 0 Å². The highest BCUT2D eigenvalue weighted by Gasteiger charge is 2.21. The number of hydrogen-bond acceptors (Lipinski definition) is 4. The number of nitro benzene ring substituents is 1. The Morgan fingerprint density at radius 2 is 2.12 bits per heavy atom.